The molecule has 0 aromatic carbocycles. The quantitative estimate of drug-likeness (QED) is 0.928. The minimum Gasteiger partial charge on any atom is -0.474 e. The summed E-state index contributed by atoms with van der Waals surface area (Å²) in [6, 6.07) is 5.82. The number of hydrogen-bond donors (Lipinski definition) is 1. The van der Waals surface area contributed by atoms with Gasteiger partial charge in [0.25, 0.3) is 0 Å². The number of nitrogens with one attached hydrogen (secondary N) is 1. The number of carbonyl (C=O) groups is 1. The Morgan fingerprint density at radius 3 is 2.52 bits per heavy atom. The third kappa shape index (κ3) is 5.61. The fourth-order valence-corrected chi connectivity index (χ4v) is 2.39. The molecule has 1 aliphatic carbocycles. The number of alkyl carbamates (subject to hydrolysis) is 1. The van der Waals surface area contributed by atoms with Gasteiger partial charge in [-0.15, -0.1) is 0 Å². The highest BCUT2D eigenvalue weighted by Crippen LogP contribution is 2.23. The highest BCUT2D eigenvalue weighted by atomic mass is 16.6. The van der Waals surface area contributed by atoms with Crippen molar-refractivity contribution in [1.29, 1.82) is 0 Å². The fourth-order valence-electron chi connectivity index (χ4n) is 2.39. The van der Waals surface area contributed by atoms with Gasteiger partial charge in [-0.3, -0.25) is 0 Å². The van der Waals surface area contributed by atoms with Crippen LogP contribution in [-0.4, -0.2) is 28.8 Å². The second-order valence-corrected chi connectivity index (χ2v) is 6.41. The van der Waals surface area contributed by atoms with Crippen LogP contribution < -0.4 is 10.1 Å². The zero-order valence-electron chi connectivity index (χ0n) is 13.0. The molecule has 0 bridgehead atoms. The van der Waals surface area contributed by atoms with E-state index in [1.807, 2.05) is 39.0 Å². The Balaban J connectivity index is 1.72. The summed E-state index contributed by atoms with van der Waals surface area (Å²) in [5.41, 5.74) is -0.455. The molecule has 1 saturated carbocycles. The molecule has 1 heterocycles. The minimum absolute atomic E-state index is 0.170. The number of aromatic nitrogens is 1. The molecule has 0 atom stereocenters. The highest BCUT2D eigenvalue weighted by Gasteiger charge is 2.25. The summed E-state index contributed by atoms with van der Waals surface area (Å²) in [4.78, 5) is 15.9. The number of hydrogen-bond acceptors (Lipinski definition) is 4. The average molecular weight is 292 g/mol. The van der Waals surface area contributed by atoms with Crippen molar-refractivity contribution in [2.75, 3.05) is 0 Å². The van der Waals surface area contributed by atoms with E-state index in [9.17, 15) is 4.79 Å². The summed E-state index contributed by atoms with van der Waals surface area (Å²) in [5.74, 6) is 0.668. The molecule has 1 aromatic heterocycles. The first kappa shape index (κ1) is 15.6. The normalized spacial score (nSPS) is 22.4. The number of carbonyl (C=O) groups excluding carboxylic acids is 1. The number of ether oxygens (including phenoxy) is 2. The lowest BCUT2D eigenvalue weighted by Gasteiger charge is -2.30. The smallest absolute Gasteiger partial charge is 0.407 e. The number of pyridine rings is 1. The molecule has 0 radical (unpaired) electrons. The predicted octanol–water partition coefficient (Wildman–Crippen LogP) is 3.30. The zero-order valence-corrected chi connectivity index (χ0v) is 13.0. The van der Waals surface area contributed by atoms with E-state index < -0.39 is 5.60 Å². The van der Waals surface area contributed by atoms with Gasteiger partial charge < -0.3 is 14.8 Å². The van der Waals surface area contributed by atoms with E-state index >= 15 is 0 Å². The van der Waals surface area contributed by atoms with Crippen LogP contribution in [0, 0.1) is 0 Å². The summed E-state index contributed by atoms with van der Waals surface area (Å²) in [7, 11) is 0. The molecular weight excluding hydrogens is 268 g/mol. The summed E-state index contributed by atoms with van der Waals surface area (Å²) in [5, 5.41) is 2.93. The molecular formula is C16H24N2O3. The first-order valence-corrected chi connectivity index (χ1v) is 7.49. The average Bonchev–Trinajstić information content (AvgIpc) is 2.40. The third-order valence-electron chi connectivity index (χ3n) is 3.32. The molecule has 1 fully saturated rings. The van der Waals surface area contributed by atoms with Crippen LogP contribution in [0.2, 0.25) is 0 Å². The van der Waals surface area contributed by atoms with Crippen LogP contribution in [0.1, 0.15) is 46.5 Å². The van der Waals surface area contributed by atoms with Gasteiger partial charge in [-0.05, 0) is 52.5 Å². The Hall–Kier alpha value is -1.78. The van der Waals surface area contributed by atoms with E-state index in [4.69, 9.17) is 9.47 Å². The van der Waals surface area contributed by atoms with Crippen molar-refractivity contribution >= 4 is 6.09 Å². The van der Waals surface area contributed by atoms with Gasteiger partial charge in [-0.1, -0.05) is 6.07 Å². The van der Waals surface area contributed by atoms with Crippen molar-refractivity contribution in [1.82, 2.24) is 10.3 Å². The summed E-state index contributed by atoms with van der Waals surface area (Å²) < 4.78 is 11.1. The van der Waals surface area contributed by atoms with Gasteiger partial charge >= 0.3 is 6.09 Å². The maximum atomic E-state index is 11.7. The van der Waals surface area contributed by atoms with Crippen molar-refractivity contribution < 1.29 is 14.3 Å². The van der Waals surface area contributed by atoms with Crippen molar-refractivity contribution in [3.05, 3.63) is 24.4 Å². The molecule has 1 aromatic rings. The Morgan fingerprint density at radius 1 is 1.24 bits per heavy atom. The molecule has 1 N–H and O–H groups in total. The first-order chi connectivity index (χ1) is 9.92. The Labute approximate surface area is 126 Å². The van der Waals surface area contributed by atoms with Crippen LogP contribution in [0.4, 0.5) is 4.79 Å². The topological polar surface area (TPSA) is 60.5 Å². The van der Waals surface area contributed by atoms with Gasteiger partial charge in [-0.2, -0.15) is 0 Å². The predicted molar refractivity (Wildman–Crippen MR) is 80.3 cm³/mol. The van der Waals surface area contributed by atoms with Crippen LogP contribution in [0.5, 0.6) is 5.88 Å². The molecule has 116 valence electrons. The van der Waals surface area contributed by atoms with Gasteiger partial charge in [0.05, 0.1) is 0 Å². The maximum absolute atomic E-state index is 11.7. The second kappa shape index (κ2) is 6.78. The van der Waals surface area contributed by atoms with Crippen LogP contribution in [-0.2, 0) is 4.74 Å². The third-order valence-corrected chi connectivity index (χ3v) is 3.32. The van der Waals surface area contributed by atoms with Gasteiger partial charge in [0.15, 0.2) is 0 Å². The Bertz CT molecular complexity index is 448. The van der Waals surface area contributed by atoms with Crippen LogP contribution in [0.15, 0.2) is 24.4 Å². The van der Waals surface area contributed by atoms with E-state index in [0.29, 0.717) is 5.88 Å². The van der Waals surface area contributed by atoms with E-state index in [1.165, 1.54) is 0 Å². The van der Waals surface area contributed by atoms with Gasteiger partial charge in [0, 0.05) is 18.3 Å². The van der Waals surface area contributed by atoms with Crippen LogP contribution >= 0.6 is 0 Å². The zero-order chi connectivity index (χ0) is 15.3. The van der Waals surface area contributed by atoms with E-state index in [2.05, 4.69) is 10.3 Å². The summed E-state index contributed by atoms with van der Waals surface area (Å²) >= 11 is 0. The molecule has 0 aliphatic heterocycles. The number of rotatable bonds is 3. The molecule has 1 aliphatic rings. The van der Waals surface area contributed by atoms with Crippen molar-refractivity contribution in [3.63, 3.8) is 0 Å². The lowest BCUT2D eigenvalue weighted by Crippen LogP contribution is -2.42. The fraction of sp³-hybridized carbons (Fsp3) is 0.625. The Kier molecular flexibility index (Phi) is 5.04. The summed E-state index contributed by atoms with van der Waals surface area (Å²) in [6.45, 7) is 5.60. The number of nitrogens with zero attached hydrogens (tertiary/aromatic N) is 1. The molecule has 0 unspecified atom stereocenters. The second-order valence-electron chi connectivity index (χ2n) is 6.41. The SMILES string of the molecule is CC(C)(C)OC(=O)NC1CCC(Oc2ccccn2)CC1. The molecule has 0 saturated heterocycles. The van der Waals surface area contributed by atoms with Crippen molar-refractivity contribution in [3.8, 4) is 5.88 Å². The molecule has 5 heteroatoms. The van der Waals surface area contributed by atoms with Crippen LogP contribution in [0.3, 0.4) is 0 Å². The standard InChI is InChI=1S/C16H24N2O3/c1-16(2,3)21-15(19)18-12-7-9-13(10-8-12)20-14-6-4-5-11-17-14/h4-6,11-13H,7-10H2,1-3H3,(H,18,19). The first-order valence-electron chi connectivity index (χ1n) is 7.49. The molecule has 1 amide bonds. The minimum atomic E-state index is -0.455. The van der Waals surface area contributed by atoms with Crippen molar-refractivity contribution in [2.45, 2.75) is 64.2 Å². The van der Waals surface area contributed by atoms with E-state index in [1.54, 1.807) is 6.20 Å². The monoisotopic (exact) mass is 292 g/mol. The molecule has 21 heavy (non-hydrogen) atoms. The molecule has 2 rings (SSSR count). The number of amides is 1. The van der Waals surface area contributed by atoms with E-state index in [0.717, 1.165) is 25.7 Å². The lowest BCUT2D eigenvalue weighted by molar-refractivity contribution is 0.0469. The molecule has 0 spiro atoms. The van der Waals surface area contributed by atoms with Crippen LogP contribution in [0.25, 0.3) is 0 Å². The molecule has 5 nitrogen and oxygen atoms in total. The Morgan fingerprint density at radius 2 is 1.95 bits per heavy atom. The van der Waals surface area contributed by atoms with Crippen molar-refractivity contribution in [2.24, 2.45) is 0 Å². The summed E-state index contributed by atoms with van der Waals surface area (Å²) in [6.07, 6.45) is 5.19. The lowest BCUT2D eigenvalue weighted by atomic mass is 9.93. The maximum Gasteiger partial charge on any atom is 0.407 e. The van der Waals surface area contributed by atoms with E-state index in [-0.39, 0.29) is 18.2 Å². The van der Waals surface area contributed by atoms with Gasteiger partial charge in [0.1, 0.15) is 11.7 Å². The largest absolute Gasteiger partial charge is 0.474 e. The van der Waals surface area contributed by atoms with Gasteiger partial charge in [0.2, 0.25) is 5.88 Å². The highest BCUT2D eigenvalue weighted by molar-refractivity contribution is 5.68. The van der Waals surface area contributed by atoms with Gasteiger partial charge in [-0.25, -0.2) is 9.78 Å².